The van der Waals surface area contributed by atoms with Crippen LogP contribution in [0.5, 0.6) is 0 Å². The smallest absolute Gasteiger partial charge is 0.191 e. The summed E-state index contributed by atoms with van der Waals surface area (Å²) in [6.45, 7) is 17.0. The summed E-state index contributed by atoms with van der Waals surface area (Å²) in [5, 5.41) is 0.339. The highest BCUT2D eigenvalue weighted by Crippen LogP contribution is 2.36. The first-order valence-electron chi connectivity index (χ1n) is 8.29. The molecule has 0 radical (unpaired) electrons. The molecule has 0 aromatic rings. The van der Waals surface area contributed by atoms with Crippen molar-refractivity contribution in [2.24, 2.45) is 0 Å². The second-order valence-electron chi connectivity index (χ2n) is 8.20. The van der Waals surface area contributed by atoms with Crippen molar-refractivity contribution < 1.29 is 4.43 Å². The Kier molecular flexibility index (Phi) is 9.27. The predicted octanol–water partition coefficient (Wildman–Crippen LogP) is 6.79. The number of rotatable bonds is 10. The molecule has 0 aliphatic heterocycles. The van der Waals surface area contributed by atoms with Gasteiger partial charge in [0.15, 0.2) is 8.32 Å². The van der Waals surface area contributed by atoms with Gasteiger partial charge in [-0.15, -0.1) is 0 Å². The van der Waals surface area contributed by atoms with E-state index >= 15 is 0 Å². The summed E-state index contributed by atoms with van der Waals surface area (Å²) in [6.07, 6.45) is 7.93. The van der Waals surface area contributed by atoms with Gasteiger partial charge in [-0.3, -0.25) is 0 Å². The van der Waals surface area contributed by atoms with Crippen LogP contribution < -0.4 is 0 Å². The second kappa shape index (κ2) is 8.97. The van der Waals surface area contributed by atoms with Crippen molar-refractivity contribution >= 4 is 26.8 Å². The summed E-state index contributed by atoms with van der Waals surface area (Å²) < 4.78 is 6.19. The van der Waals surface area contributed by atoms with Crippen molar-refractivity contribution in [2.45, 2.75) is 96.6 Å². The molecule has 4 heteroatoms. The minimum atomic E-state index is -1.52. The molecule has 0 heterocycles. The van der Waals surface area contributed by atoms with Gasteiger partial charge in [-0.2, -0.15) is 11.1 Å². The first-order valence-corrected chi connectivity index (χ1v) is 15.4. The van der Waals surface area contributed by atoms with Crippen LogP contribution in [0.4, 0.5) is 0 Å². The molecule has 0 aliphatic rings. The lowest BCUT2D eigenvalue weighted by Gasteiger charge is -2.36. The van der Waals surface area contributed by atoms with E-state index in [-0.39, 0.29) is 0 Å². The fraction of sp³-hybridized carbons (Fsp3) is 1.00. The fourth-order valence-corrected chi connectivity index (χ4v) is 4.48. The van der Waals surface area contributed by atoms with Crippen LogP contribution in [0.1, 0.15) is 59.3 Å². The van der Waals surface area contributed by atoms with Crippen LogP contribution in [-0.4, -0.2) is 22.3 Å². The molecule has 0 atom stereocenters. The lowest BCUT2D eigenvalue weighted by molar-refractivity contribution is 0.277. The average Bonchev–Trinajstić information content (AvgIpc) is 2.23. The minimum Gasteiger partial charge on any atom is -0.417 e. The van der Waals surface area contributed by atoms with Crippen molar-refractivity contribution in [1.29, 1.82) is 0 Å². The van der Waals surface area contributed by atoms with Crippen molar-refractivity contribution in [3.05, 3.63) is 0 Å². The van der Waals surface area contributed by atoms with Gasteiger partial charge in [0.25, 0.3) is 0 Å². The Bertz CT molecular complexity index is 254. The molecule has 0 saturated heterocycles. The first-order chi connectivity index (χ1) is 8.96. The van der Waals surface area contributed by atoms with Crippen LogP contribution in [0.3, 0.4) is 0 Å². The molecule has 0 aliphatic carbocycles. The van der Waals surface area contributed by atoms with E-state index in [9.17, 15) is 0 Å². The molecule has 0 aromatic heterocycles. The average molecular weight is 337 g/mol. The predicted molar refractivity (Wildman–Crippen MR) is 99.0 cm³/mol. The molecule has 122 valence electrons. The molecule has 0 saturated carbocycles. The zero-order valence-electron chi connectivity index (χ0n) is 14.9. The highest BCUT2D eigenvalue weighted by Gasteiger charge is 2.36. The van der Waals surface area contributed by atoms with Gasteiger partial charge in [-0.1, -0.05) is 66.0 Å². The Hall–Kier alpha value is 0.684. The van der Waals surface area contributed by atoms with E-state index in [0.717, 1.165) is 6.61 Å². The van der Waals surface area contributed by atoms with Gasteiger partial charge >= 0.3 is 0 Å². The van der Waals surface area contributed by atoms with Gasteiger partial charge in [-0.05, 0) is 30.6 Å². The fourth-order valence-electron chi connectivity index (χ4n) is 1.90. The van der Waals surface area contributed by atoms with E-state index in [1.54, 1.807) is 0 Å². The van der Waals surface area contributed by atoms with E-state index in [2.05, 4.69) is 47.0 Å². The van der Waals surface area contributed by atoms with E-state index < -0.39 is 15.7 Å². The van der Waals surface area contributed by atoms with Crippen molar-refractivity contribution in [1.82, 2.24) is 0 Å². The summed E-state index contributed by atoms with van der Waals surface area (Å²) in [4.78, 5) is 0. The van der Waals surface area contributed by atoms with Crippen molar-refractivity contribution in [3.63, 3.8) is 0 Å². The molecule has 0 N–H and O–H groups in total. The summed E-state index contributed by atoms with van der Waals surface area (Å²) in [5.74, 6) is 0. The van der Waals surface area contributed by atoms with E-state index in [0.29, 0.717) is 5.04 Å². The molecule has 1 nitrogen and oxygen atoms in total. The molecule has 20 heavy (non-hydrogen) atoms. The third kappa shape index (κ3) is 10.4. The first kappa shape index (κ1) is 20.7. The number of halogens is 1. The Morgan fingerprint density at radius 1 is 0.800 bits per heavy atom. The summed E-state index contributed by atoms with van der Waals surface area (Å²) >= 11 is 6.32. The standard InChI is InChI=1S/C16H37ClOSi2/c1-16(2,3)20(6,7)18-14-12-10-8-9-11-13-15-19(4,5)17/h8-15H2,1-7H3. The Morgan fingerprint density at radius 2 is 1.25 bits per heavy atom. The van der Waals surface area contributed by atoms with Crippen LogP contribution in [0, 0.1) is 0 Å². The molecule has 0 rings (SSSR count). The third-order valence-electron chi connectivity index (χ3n) is 4.43. The summed E-state index contributed by atoms with van der Waals surface area (Å²) in [6, 6.07) is 1.27. The lowest BCUT2D eigenvalue weighted by Crippen LogP contribution is -2.40. The number of hydrogen-bond donors (Lipinski definition) is 0. The molecule has 0 unspecified atom stereocenters. The number of hydrogen-bond acceptors (Lipinski definition) is 1. The van der Waals surface area contributed by atoms with Gasteiger partial charge in [0, 0.05) is 6.61 Å². The normalized spacial score (nSPS) is 13.8. The van der Waals surface area contributed by atoms with E-state index in [4.69, 9.17) is 15.5 Å². The topological polar surface area (TPSA) is 9.23 Å². The maximum Gasteiger partial charge on any atom is 0.191 e. The monoisotopic (exact) mass is 336 g/mol. The SMILES string of the molecule is CC(C)(C)[Si](C)(C)OCCCCCCCC[Si](C)(C)Cl. The summed E-state index contributed by atoms with van der Waals surface area (Å²) in [7, 11) is -2.84. The van der Waals surface area contributed by atoms with Gasteiger partial charge in [0.05, 0.1) is 0 Å². The molecular formula is C16H37ClOSi2. The van der Waals surface area contributed by atoms with Crippen LogP contribution in [0.15, 0.2) is 0 Å². The maximum absolute atomic E-state index is 6.32. The molecular weight excluding hydrogens is 300 g/mol. The van der Waals surface area contributed by atoms with Crippen molar-refractivity contribution in [2.75, 3.05) is 6.61 Å². The quantitative estimate of drug-likeness (QED) is 0.242. The Labute approximate surface area is 134 Å². The van der Waals surface area contributed by atoms with Gasteiger partial charge in [-0.25, -0.2) is 0 Å². The lowest BCUT2D eigenvalue weighted by atomic mass is 10.1. The van der Waals surface area contributed by atoms with Crippen LogP contribution in [-0.2, 0) is 4.43 Å². The molecule has 0 aromatic carbocycles. The maximum atomic E-state index is 6.32. The Morgan fingerprint density at radius 3 is 1.70 bits per heavy atom. The largest absolute Gasteiger partial charge is 0.417 e. The Balaban J connectivity index is 3.46. The molecule has 0 spiro atoms. The van der Waals surface area contributed by atoms with Gasteiger partial charge < -0.3 is 4.43 Å². The van der Waals surface area contributed by atoms with E-state index in [1.807, 2.05) is 0 Å². The van der Waals surface area contributed by atoms with Crippen molar-refractivity contribution in [3.8, 4) is 0 Å². The van der Waals surface area contributed by atoms with Gasteiger partial charge in [0.2, 0.25) is 0 Å². The van der Waals surface area contributed by atoms with Crippen LogP contribution in [0.2, 0.25) is 37.3 Å². The minimum absolute atomic E-state index is 0.339. The van der Waals surface area contributed by atoms with Crippen LogP contribution >= 0.6 is 11.1 Å². The van der Waals surface area contributed by atoms with Crippen LogP contribution in [0.25, 0.3) is 0 Å². The summed E-state index contributed by atoms with van der Waals surface area (Å²) in [5.41, 5.74) is 0. The zero-order valence-corrected chi connectivity index (χ0v) is 17.7. The third-order valence-corrected chi connectivity index (χ3v) is 11.1. The highest BCUT2D eigenvalue weighted by molar-refractivity contribution is 7.19. The molecule has 0 bridgehead atoms. The van der Waals surface area contributed by atoms with Gasteiger partial charge in [0.1, 0.15) is 7.38 Å². The highest BCUT2D eigenvalue weighted by atomic mass is 35.6. The zero-order chi connectivity index (χ0) is 15.9. The molecule has 0 fully saturated rings. The van der Waals surface area contributed by atoms with E-state index in [1.165, 1.54) is 44.6 Å². The second-order valence-corrected chi connectivity index (χ2v) is 20.0. The molecule has 0 amide bonds. The number of unbranched alkanes of at least 4 members (excludes halogenated alkanes) is 5.